The normalized spacial score (nSPS) is 13.1. The van der Waals surface area contributed by atoms with Crippen LogP contribution in [0.1, 0.15) is 44.5 Å². The molecule has 0 saturated heterocycles. The molecule has 25 rings (SSSR count). The van der Waals surface area contributed by atoms with E-state index in [2.05, 4.69) is 400 Å². The fraction of sp³-hybridized carbons (Fsp3) is 0.0172. The minimum atomic E-state index is -0.650. The topological polar surface area (TPSA) is 83.2 Å². The Kier molecular flexibility index (Phi) is 15.7. The van der Waals surface area contributed by atoms with Gasteiger partial charge in [-0.15, -0.1) is 0 Å². The van der Waals surface area contributed by atoms with Crippen molar-refractivity contribution in [1.82, 2.24) is 19.9 Å². The van der Waals surface area contributed by atoms with Crippen molar-refractivity contribution < 1.29 is 13.9 Å². The smallest absolute Gasteiger partial charge is 0.160 e. The number of rotatable bonds is 11. The summed E-state index contributed by atoms with van der Waals surface area (Å²) < 4.78 is 20.4. The lowest BCUT2D eigenvalue weighted by atomic mass is 9.66. The molecular formula is C116H70N4O3. The maximum Gasteiger partial charge on any atom is 0.160 e. The number of para-hydroxylation sites is 4. The number of nitrogens with zero attached hydrogens (tertiary/aromatic N) is 4. The van der Waals surface area contributed by atoms with Gasteiger partial charge in [0, 0.05) is 72.0 Å². The van der Waals surface area contributed by atoms with Crippen molar-refractivity contribution in [3.8, 4) is 169 Å². The van der Waals surface area contributed by atoms with E-state index in [4.69, 9.17) is 33.8 Å². The van der Waals surface area contributed by atoms with Crippen molar-refractivity contribution >= 4 is 32.7 Å². The number of ether oxygens (including phenoxy) is 2. The highest BCUT2D eigenvalue weighted by Gasteiger charge is 2.53. The molecule has 7 heteroatoms. The predicted molar refractivity (Wildman–Crippen MR) is 497 cm³/mol. The number of benzene rings is 18. The van der Waals surface area contributed by atoms with Crippen LogP contribution in [0.4, 0.5) is 0 Å². The molecule has 572 valence electrons. The highest BCUT2D eigenvalue weighted by Crippen LogP contribution is 2.65. The van der Waals surface area contributed by atoms with Gasteiger partial charge >= 0.3 is 0 Å². The quantitative estimate of drug-likeness (QED) is 0.128. The Bertz CT molecular complexity index is 7850. The first kappa shape index (κ1) is 69.9. The van der Waals surface area contributed by atoms with Crippen molar-refractivity contribution in [3.05, 3.63) is 469 Å². The zero-order valence-corrected chi connectivity index (χ0v) is 66.4. The van der Waals surface area contributed by atoms with E-state index in [1.54, 1.807) is 0 Å². The first-order chi connectivity index (χ1) is 60.9. The van der Waals surface area contributed by atoms with Crippen LogP contribution in [0.5, 0.6) is 23.0 Å². The Hall–Kier alpha value is -16.2. The maximum atomic E-state index is 6.99. The van der Waals surface area contributed by atoms with E-state index < -0.39 is 10.8 Å². The summed E-state index contributed by atoms with van der Waals surface area (Å²) in [5, 5.41) is 4.37. The van der Waals surface area contributed by atoms with Crippen LogP contribution in [-0.2, 0) is 10.8 Å². The summed E-state index contributed by atoms with van der Waals surface area (Å²) in [6.07, 6.45) is 0. The minimum Gasteiger partial charge on any atom is -0.457 e. The molecule has 0 radical (unpaired) electrons. The van der Waals surface area contributed by atoms with Gasteiger partial charge in [0.1, 0.15) is 34.2 Å². The monoisotopic (exact) mass is 1570 g/mol. The molecule has 3 aromatic heterocycles. The van der Waals surface area contributed by atoms with E-state index in [0.29, 0.717) is 11.6 Å². The van der Waals surface area contributed by atoms with Crippen molar-refractivity contribution in [2.24, 2.45) is 0 Å². The third kappa shape index (κ3) is 10.9. The third-order valence-corrected chi connectivity index (χ3v) is 25.9. The Labute approximate surface area is 710 Å². The molecule has 2 aliphatic heterocycles. The first-order valence-electron chi connectivity index (χ1n) is 41.9. The zero-order chi connectivity index (χ0) is 80.9. The average Bonchev–Trinajstić information content (AvgIpc) is 1.52. The van der Waals surface area contributed by atoms with E-state index in [1.807, 2.05) is 24.3 Å². The van der Waals surface area contributed by atoms with Gasteiger partial charge in [0.15, 0.2) is 11.6 Å². The number of furan rings is 1. The standard InChI is InChI=1S/C116H70N4O3/c1-3-25-75(26-4-1)113-117-103(74-55-53-73(54-56-74)84-38-24-39-93-92-37-13-20-46-107(92)123-112(84)93)69-106(120-113)94-66-78(80-59-64-111-102(68-80)116(100-45-19-22-48-109(100)122-111)97-42-16-11-35-89(97)90-36-12-17-43-98(90)116)57-60-83(94)72-51-49-71(50-52-72)82-61-62-91(86-32-8-7-31-85(82)86)105-70-104(118-114(119-105)76-27-5-2-6-28-76)81-30-23-29-77(65-81)79-58-63-110-101(67-79)115(99-44-18-21-47-108(99)121-110)95-40-14-9-33-87(95)88-34-10-15-41-96(88)115/h1-70H. The molecule has 2 aliphatic carbocycles. The van der Waals surface area contributed by atoms with Gasteiger partial charge in [0.05, 0.1) is 33.6 Å². The molecule has 0 atom stereocenters. The lowest BCUT2D eigenvalue weighted by molar-refractivity contribution is 0.436. The summed E-state index contributed by atoms with van der Waals surface area (Å²) in [7, 11) is 0. The maximum absolute atomic E-state index is 6.99. The molecule has 0 unspecified atom stereocenters. The third-order valence-electron chi connectivity index (χ3n) is 25.9. The second-order valence-electron chi connectivity index (χ2n) is 32.4. The van der Waals surface area contributed by atoms with Gasteiger partial charge in [-0.3, -0.25) is 0 Å². The lowest BCUT2D eigenvalue weighted by Gasteiger charge is -2.39. The Morgan fingerprint density at radius 1 is 0.171 bits per heavy atom. The Balaban J connectivity index is 0.608. The predicted octanol–water partition coefficient (Wildman–Crippen LogP) is 29.6. The van der Waals surface area contributed by atoms with E-state index in [-0.39, 0.29) is 0 Å². The van der Waals surface area contributed by atoms with Gasteiger partial charge in [0.25, 0.3) is 0 Å². The second-order valence-corrected chi connectivity index (χ2v) is 32.4. The van der Waals surface area contributed by atoms with Crippen LogP contribution in [0, 0.1) is 0 Å². The van der Waals surface area contributed by atoms with Gasteiger partial charge in [-0.25, -0.2) is 19.9 Å². The summed E-state index contributed by atoms with van der Waals surface area (Å²) >= 11 is 0. The van der Waals surface area contributed by atoms with Crippen molar-refractivity contribution in [3.63, 3.8) is 0 Å². The van der Waals surface area contributed by atoms with Crippen LogP contribution >= 0.6 is 0 Å². The van der Waals surface area contributed by atoms with Crippen molar-refractivity contribution in [1.29, 1.82) is 0 Å². The van der Waals surface area contributed by atoms with Crippen LogP contribution in [0.25, 0.3) is 178 Å². The van der Waals surface area contributed by atoms with Gasteiger partial charge in [-0.2, -0.15) is 0 Å². The number of hydrogen-bond acceptors (Lipinski definition) is 7. The summed E-state index contributed by atoms with van der Waals surface area (Å²) in [5.41, 5.74) is 34.4. The molecule has 21 aromatic rings. The fourth-order valence-corrected chi connectivity index (χ4v) is 20.4. The molecule has 4 aliphatic rings. The Morgan fingerprint density at radius 2 is 0.520 bits per heavy atom. The molecule has 0 N–H and O–H groups in total. The fourth-order valence-electron chi connectivity index (χ4n) is 20.4. The molecule has 0 fully saturated rings. The molecule has 18 aromatic carbocycles. The molecule has 2 spiro atoms. The van der Waals surface area contributed by atoms with E-state index >= 15 is 0 Å². The highest BCUT2D eigenvalue weighted by molar-refractivity contribution is 6.10. The van der Waals surface area contributed by atoms with Crippen molar-refractivity contribution in [2.45, 2.75) is 10.8 Å². The van der Waals surface area contributed by atoms with Crippen molar-refractivity contribution in [2.75, 3.05) is 0 Å². The minimum absolute atomic E-state index is 0.595. The molecule has 5 heterocycles. The lowest BCUT2D eigenvalue weighted by Crippen LogP contribution is -2.32. The number of hydrogen-bond donors (Lipinski definition) is 0. The molecule has 0 saturated carbocycles. The van der Waals surface area contributed by atoms with Gasteiger partial charge in [-0.05, 0) is 172 Å². The van der Waals surface area contributed by atoms with Gasteiger partial charge in [0.2, 0.25) is 0 Å². The largest absolute Gasteiger partial charge is 0.457 e. The summed E-state index contributed by atoms with van der Waals surface area (Å²) in [6, 6.07) is 153. The second kappa shape index (κ2) is 27.7. The van der Waals surface area contributed by atoms with E-state index in [9.17, 15) is 0 Å². The summed E-state index contributed by atoms with van der Waals surface area (Å²) in [6.45, 7) is 0. The van der Waals surface area contributed by atoms with Crippen LogP contribution in [0.2, 0.25) is 0 Å². The Morgan fingerprint density at radius 3 is 1.08 bits per heavy atom. The first-order valence-corrected chi connectivity index (χ1v) is 41.9. The zero-order valence-electron chi connectivity index (χ0n) is 66.4. The van der Waals surface area contributed by atoms with Crippen LogP contribution in [0.3, 0.4) is 0 Å². The van der Waals surface area contributed by atoms with Crippen LogP contribution in [-0.4, -0.2) is 19.9 Å². The molecular weight excluding hydrogens is 1500 g/mol. The van der Waals surface area contributed by atoms with Gasteiger partial charge < -0.3 is 13.9 Å². The summed E-state index contributed by atoms with van der Waals surface area (Å²) in [4.78, 5) is 22.0. The molecule has 123 heavy (non-hydrogen) atoms. The SMILES string of the molecule is c1ccc(-c2nc(-c3ccc(-c4cccc5c4oc4ccccc45)cc3)cc(-c3cc(-c4ccc5c(c4)C4(c6ccccc6O5)c5ccccc5-c5ccccc54)ccc3-c3ccc(-c4ccc(-c5cc(-c6cccc(-c7ccc8c(c7)C7(c9ccccc9O8)c8ccccc8-c8ccccc87)c6)nc(-c6ccccc6)n5)c5ccccc45)cc3)n2)cc1. The molecule has 0 amide bonds. The molecule has 7 nitrogen and oxygen atoms in total. The summed E-state index contributed by atoms with van der Waals surface area (Å²) in [5.74, 6) is 4.67. The number of aromatic nitrogens is 4. The van der Waals surface area contributed by atoms with Crippen LogP contribution in [0.15, 0.2) is 429 Å². The highest BCUT2D eigenvalue weighted by atomic mass is 16.5. The van der Waals surface area contributed by atoms with Gasteiger partial charge in [-0.1, -0.05) is 358 Å². The average molecular weight is 1570 g/mol. The molecule has 0 bridgehead atoms. The van der Waals surface area contributed by atoms with E-state index in [0.717, 1.165) is 190 Å². The number of fused-ring (bicyclic) bond motifs is 22. The van der Waals surface area contributed by atoms with E-state index in [1.165, 1.54) is 44.5 Å². The van der Waals surface area contributed by atoms with Crippen LogP contribution < -0.4 is 9.47 Å².